The summed E-state index contributed by atoms with van der Waals surface area (Å²) in [5.41, 5.74) is 11.6. The van der Waals surface area contributed by atoms with Gasteiger partial charge in [0.05, 0.1) is 6.42 Å². The van der Waals surface area contributed by atoms with E-state index >= 15 is 0 Å². The fraction of sp³-hybridized carbons (Fsp3) is 0.300. The van der Waals surface area contributed by atoms with Crippen molar-refractivity contribution in [3.05, 3.63) is 59.7 Å². The van der Waals surface area contributed by atoms with Gasteiger partial charge >= 0.3 is 0 Å². The van der Waals surface area contributed by atoms with E-state index in [9.17, 15) is 14.7 Å². The molecule has 0 aromatic heterocycles. The SMILES string of the molecule is NC(=O)Cc1ccc(OCC(O)CNCCOc2ccc(C(N)=O)cc2)cc1. The van der Waals surface area contributed by atoms with Crippen molar-refractivity contribution in [1.82, 2.24) is 5.32 Å². The van der Waals surface area contributed by atoms with Crippen molar-refractivity contribution in [1.29, 1.82) is 0 Å². The number of nitrogens with one attached hydrogen (secondary N) is 1. The van der Waals surface area contributed by atoms with Crippen LogP contribution in [0.25, 0.3) is 0 Å². The molecule has 1 unspecified atom stereocenters. The predicted molar refractivity (Wildman–Crippen MR) is 104 cm³/mol. The summed E-state index contributed by atoms with van der Waals surface area (Å²) in [6.07, 6.45) is -0.496. The standard InChI is InChI=1S/C20H25N3O5/c21-19(25)11-14-1-5-18(6-2-14)28-13-16(24)12-23-9-10-27-17-7-3-15(4-8-17)20(22)26/h1-8,16,23-24H,9-13H2,(H2,21,25)(H2,22,26). The lowest BCUT2D eigenvalue weighted by molar-refractivity contribution is -0.117. The zero-order chi connectivity index (χ0) is 20.4. The van der Waals surface area contributed by atoms with Crippen LogP contribution in [-0.2, 0) is 11.2 Å². The van der Waals surface area contributed by atoms with Crippen LogP contribution in [0.2, 0.25) is 0 Å². The Balaban J connectivity index is 1.59. The van der Waals surface area contributed by atoms with E-state index in [4.69, 9.17) is 20.9 Å². The van der Waals surface area contributed by atoms with E-state index in [1.165, 1.54) is 0 Å². The topological polar surface area (TPSA) is 137 Å². The zero-order valence-corrected chi connectivity index (χ0v) is 15.5. The Kier molecular flexibility index (Phi) is 8.26. The average Bonchev–Trinajstić information content (AvgIpc) is 2.67. The lowest BCUT2D eigenvalue weighted by Gasteiger charge is -2.14. The summed E-state index contributed by atoms with van der Waals surface area (Å²) in [7, 11) is 0. The highest BCUT2D eigenvalue weighted by Gasteiger charge is 2.06. The highest BCUT2D eigenvalue weighted by molar-refractivity contribution is 5.92. The molecule has 8 nitrogen and oxygen atoms in total. The zero-order valence-electron chi connectivity index (χ0n) is 15.5. The third kappa shape index (κ3) is 7.65. The minimum absolute atomic E-state index is 0.137. The summed E-state index contributed by atoms with van der Waals surface area (Å²) < 4.78 is 11.0. The monoisotopic (exact) mass is 387 g/mol. The third-order valence-electron chi connectivity index (χ3n) is 3.81. The molecule has 0 radical (unpaired) electrons. The fourth-order valence-corrected chi connectivity index (χ4v) is 2.38. The molecule has 28 heavy (non-hydrogen) atoms. The Labute approximate surface area is 163 Å². The summed E-state index contributed by atoms with van der Waals surface area (Å²) in [5.74, 6) is 0.373. The molecule has 8 heteroatoms. The number of rotatable bonds is 12. The highest BCUT2D eigenvalue weighted by atomic mass is 16.5. The number of hydrogen-bond donors (Lipinski definition) is 4. The van der Waals surface area contributed by atoms with Crippen molar-refractivity contribution in [2.75, 3.05) is 26.3 Å². The van der Waals surface area contributed by atoms with Crippen molar-refractivity contribution in [2.45, 2.75) is 12.5 Å². The largest absolute Gasteiger partial charge is 0.492 e. The molecule has 0 spiro atoms. The van der Waals surface area contributed by atoms with Crippen LogP contribution in [0, 0.1) is 0 Å². The first kappa shape index (κ1) is 21.2. The number of nitrogens with two attached hydrogens (primary N) is 2. The second kappa shape index (κ2) is 10.9. The van der Waals surface area contributed by atoms with Gasteiger partial charge in [-0.05, 0) is 42.0 Å². The van der Waals surface area contributed by atoms with Gasteiger partial charge in [0.15, 0.2) is 0 Å². The van der Waals surface area contributed by atoms with Crippen molar-refractivity contribution in [3.63, 3.8) is 0 Å². The molecule has 0 aliphatic carbocycles. The van der Waals surface area contributed by atoms with Gasteiger partial charge < -0.3 is 31.4 Å². The van der Waals surface area contributed by atoms with E-state index < -0.39 is 12.0 Å². The number of primary amides is 2. The Hall–Kier alpha value is -3.10. The molecule has 2 aromatic carbocycles. The van der Waals surface area contributed by atoms with Gasteiger partial charge in [-0.1, -0.05) is 12.1 Å². The second-order valence-corrected chi connectivity index (χ2v) is 6.19. The van der Waals surface area contributed by atoms with Crippen molar-refractivity contribution >= 4 is 11.8 Å². The molecule has 6 N–H and O–H groups in total. The number of hydrogen-bond acceptors (Lipinski definition) is 6. The normalized spacial score (nSPS) is 11.6. The van der Waals surface area contributed by atoms with Gasteiger partial charge in [-0.25, -0.2) is 0 Å². The Morgan fingerprint density at radius 1 is 0.964 bits per heavy atom. The van der Waals surface area contributed by atoms with Crippen molar-refractivity contribution < 1.29 is 24.2 Å². The van der Waals surface area contributed by atoms with Crippen LogP contribution in [0.5, 0.6) is 11.5 Å². The summed E-state index contributed by atoms with van der Waals surface area (Å²) in [6.45, 7) is 1.43. The maximum absolute atomic E-state index is 11.0. The van der Waals surface area contributed by atoms with E-state index in [-0.39, 0.29) is 18.9 Å². The Bertz CT molecular complexity index is 762. The van der Waals surface area contributed by atoms with Crippen LogP contribution in [0.15, 0.2) is 48.5 Å². The Morgan fingerprint density at radius 2 is 1.57 bits per heavy atom. The van der Waals surface area contributed by atoms with Gasteiger partial charge in [0, 0.05) is 18.7 Å². The first-order valence-corrected chi connectivity index (χ1v) is 8.85. The number of ether oxygens (including phenoxy) is 2. The fourth-order valence-electron chi connectivity index (χ4n) is 2.38. The molecule has 0 fully saturated rings. The lowest BCUT2D eigenvalue weighted by atomic mass is 10.1. The van der Waals surface area contributed by atoms with Crippen molar-refractivity contribution in [2.24, 2.45) is 11.5 Å². The molecule has 150 valence electrons. The predicted octanol–water partition coefficient (Wildman–Crippen LogP) is 0.222. The maximum Gasteiger partial charge on any atom is 0.248 e. The highest BCUT2D eigenvalue weighted by Crippen LogP contribution is 2.13. The van der Waals surface area contributed by atoms with E-state index in [0.29, 0.717) is 36.8 Å². The number of carbonyl (C=O) groups is 2. The summed E-state index contributed by atoms with van der Waals surface area (Å²) in [6, 6.07) is 13.6. The van der Waals surface area contributed by atoms with Gasteiger partial charge in [0.1, 0.15) is 30.8 Å². The van der Waals surface area contributed by atoms with Crippen LogP contribution >= 0.6 is 0 Å². The maximum atomic E-state index is 11.0. The average molecular weight is 387 g/mol. The van der Waals surface area contributed by atoms with E-state index in [2.05, 4.69) is 5.32 Å². The molecule has 0 aliphatic rings. The first-order valence-electron chi connectivity index (χ1n) is 8.85. The third-order valence-corrected chi connectivity index (χ3v) is 3.81. The summed E-state index contributed by atoms with van der Waals surface area (Å²) >= 11 is 0. The molecular formula is C20H25N3O5. The smallest absolute Gasteiger partial charge is 0.248 e. The molecule has 0 saturated heterocycles. The number of aliphatic hydroxyl groups excluding tert-OH is 1. The number of benzene rings is 2. The molecule has 0 heterocycles. The van der Waals surface area contributed by atoms with E-state index in [1.54, 1.807) is 48.5 Å². The molecule has 2 amide bonds. The lowest BCUT2D eigenvalue weighted by Crippen LogP contribution is -2.33. The minimum Gasteiger partial charge on any atom is -0.492 e. The Morgan fingerprint density at radius 3 is 2.18 bits per heavy atom. The molecule has 1 atom stereocenters. The van der Waals surface area contributed by atoms with E-state index in [1.807, 2.05) is 0 Å². The van der Waals surface area contributed by atoms with Gasteiger partial charge in [-0.3, -0.25) is 9.59 Å². The van der Waals surface area contributed by atoms with Gasteiger partial charge in [0.25, 0.3) is 0 Å². The van der Waals surface area contributed by atoms with Crippen molar-refractivity contribution in [3.8, 4) is 11.5 Å². The van der Waals surface area contributed by atoms with Gasteiger partial charge in [0.2, 0.25) is 11.8 Å². The van der Waals surface area contributed by atoms with Gasteiger partial charge in [-0.2, -0.15) is 0 Å². The molecule has 2 rings (SSSR count). The van der Waals surface area contributed by atoms with Gasteiger partial charge in [-0.15, -0.1) is 0 Å². The van der Waals surface area contributed by atoms with Crippen LogP contribution in [0.3, 0.4) is 0 Å². The quantitative estimate of drug-likeness (QED) is 0.385. The van der Waals surface area contributed by atoms with Crippen LogP contribution < -0.4 is 26.3 Å². The molecule has 0 aliphatic heterocycles. The van der Waals surface area contributed by atoms with Crippen LogP contribution in [0.1, 0.15) is 15.9 Å². The number of amides is 2. The van der Waals surface area contributed by atoms with Crippen LogP contribution in [-0.4, -0.2) is 49.3 Å². The first-order chi connectivity index (χ1) is 13.4. The molecule has 2 aromatic rings. The molecular weight excluding hydrogens is 362 g/mol. The summed E-state index contributed by atoms with van der Waals surface area (Å²) in [5, 5.41) is 13.0. The second-order valence-electron chi connectivity index (χ2n) is 6.19. The molecule has 0 bridgehead atoms. The number of carbonyl (C=O) groups excluding carboxylic acids is 2. The molecule has 0 saturated carbocycles. The van der Waals surface area contributed by atoms with Crippen LogP contribution in [0.4, 0.5) is 0 Å². The minimum atomic E-state index is -0.680. The van der Waals surface area contributed by atoms with E-state index in [0.717, 1.165) is 5.56 Å². The number of aliphatic hydroxyl groups is 1. The summed E-state index contributed by atoms with van der Waals surface area (Å²) in [4.78, 5) is 21.9.